The van der Waals surface area contributed by atoms with E-state index in [-0.39, 0.29) is 11.8 Å². The zero-order valence-electron chi connectivity index (χ0n) is 8.12. The highest BCUT2D eigenvalue weighted by Crippen LogP contribution is 2.44. The van der Waals surface area contributed by atoms with Crippen molar-refractivity contribution in [3.05, 3.63) is 0 Å². The Morgan fingerprint density at radius 1 is 1.23 bits per heavy atom. The monoisotopic (exact) mass is 184 g/mol. The first-order valence-electron chi connectivity index (χ1n) is 4.52. The Kier molecular flexibility index (Phi) is 2.90. The molecule has 1 heterocycles. The molecule has 2 fully saturated rings. The molecule has 2 rings (SSSR count). The molecule has 2 aliphatic rings. The van der Waals surface area contributed by atoms with Gasteiger partial charge in [-0.15, -0.1) is 0 Å². The minimum absolute atomic E-state index is 0.252. The highest BCUT2D eigenvalue weighted by Gasteiger charge is 2.45. The highest BCUT2D eigenvalue weighted by molar-refractivity contribution is 5.73. The van der Waals surface area contributed by atoms with Crippen molar-refractivity contribution < 1.29 is 9.59 Å². The van der Waals surface area contributed by atoms with E-state index in [9.17, 15) is 9.59 Å². The van der Waals surface area contributed by atoms with Crippen molar-refractivity contribution in [2.45, 2.75) is 20.3 Å². The summed E-state index contributed by atoms with van der Waals surface area (Å²) in [4.78, 5) is 21.9. The fourth-order valence-electron chi connectivity index (χ4n) is 1.66. The van der Waals surface area contributed by atoms with Crippen LogP contribution in [0.5, 0.6) is 0 Å². The van der Waals surface area contributed by atoms with E-state index in [2.05, 4.69) is 5.73 Å². The summed E-state index contributed by atoms with van der Waals surface area (Å²) in [5.41, 5.74) is 4.47. The molecule has 0 unspecified atom stereocenters. The number of likely N-dealkylation sites (tertiary alicyclic amines) is 1. The molecule has 2 amide bonds. The van der Waals surface area contributed by atoms with Crippen LogP contribution in [0.15, 0.2) is 0 Å². The lowest BCUT2D eigenvalue weighted by Gasteiger charge is -2.14. The molecule has 0 aromatic rings. The van der Waals surface area contributed by atoms with Crippen molar-refractivity contribution in [1.82, 2.24) is 4.90 Å². The number of hydrogen-bond acceptors (Lipinski definition) is 2. The van der Waals surface area contributed by atoms with E-state index in [1.54, 1.807) is 6.92 Å². The van der Waals surface area contributed by atoms with E-state index in [4.69, 9.17) is 0 Å². The van der Waals surface area contributed by atoms with E-state index in [1.807, 2.05) is 4.90 Å². The summed E-state index contributed by atoms with van der Waals surface area (Å²) in [7, 11) is 0. The Bertz CT molecular complexity index is 214. The largest absolute Gasteiger partial charge is 0.370 e. The fraction of sp³-hybridized carbons (Fsp3) is 0.778. The highest BCUT2D eigenvalue weighted by atomic mass is 16.2. The molecule has 1 aliphatic heterocycles. The molecule has 0 spiro atoms. The molecule has 2 N–H and O–H groups in total. The molecule has 0 aromatic heterocycles. The third kappa shape index (κ3) is 3.05. The van der Waals surface area contributed by atoms with Crippen molar-refractivity contribution in [1.29, 1.82) is 0 Å². The lowest BCUT2D eigenvalue weighted by molar-refractivity contribution is -0.128. The smallest absolute Gasteiger partial charge is 0.219 e. The topological polar surface area (TPSA) is 63.4 Å². The molecule has 2 atom stereocenters. The van der Waals surface area contributed by atoms with Gasteiger partial charge in [0.05, 0.1) is 0 Å². The maximum absolute atomic E-state index is 10.7. The van der Waals surface area contributed by atoms with E-state index >= 15 is 0 Å². The van der Waals surface area contributed by atoms with Gasteiger partial charge >= 0.3 is 0 Å². The van der Waals surface area contributed by atoms with Crippen molar-refractivity contribution in [2.24, 2.45) is 17.6 Å². The van der Waals surface area contributed by atoms with Gasteiger partial charge < -0.3 is 10.6 Å². The predicted molar refractivity (Wildman–Crippen MR) is 48.7 cm³/mol. The van der Waals surface area contributed by atoms with Gasteiger partial charge in [0.2, 0.25) is 11.8 Å². The van der Waals surface area contributed by atoms with Gasteiger partial charge in [-0.05, 0) is 18.3 Å². The minimum atomic E-state index is -0.333. The number of fused-ring (bicyclic) bond motifs is 1. The summed E-state index contributed by atoms with van der Waals surface area (Å²) in [6.45, 7) is 5.05. The predicted octanol–water partition coefficient (Wildman–Crippen LogP) is -0.0238. The van der Waals surface area contributed by atoms with Gasteiger partial charge in [-0.1, -0.05) is 0 Å². The van der Waals surface area contributed by atoms with Crippen molar-refractivity contribution in [3.63, 3.8) is 0 Å². The summed E-state index contributed by atoms with van der Waals surface area (Å²) in [5, 5.41) is 0. The Morgan fingerprint density at radius 3 is 1.85 bits per heavy atom. The molecular weight excluding hydrogens is 168 g/mol. The van der Waals surface area contributed by atoms with Gasteiger partial charge in [0.1, 0.15) is 0 Å². The summed E-state index contributed by atoms with van der Waals surface area (Å²) in [6, 6.07) is 0. The van der Waals surface area contributed by atoms with Crippen LogP contribution in [0.3, 0.4) is 0 Å². The Balaban J connectivity index is 0.000000184. The quantitative estimate of drug-likeness (QED) is 0.575. The summed E-state index contributed by atoms with van der Waals surface area (Å²) in [5.74, 6) is 1.69. The van der Waals surface area contributed by atoms with Crippen LogP contribution in [0.25, 0.3) is 0 Å². The molecule has 4 nitrogen and oxygen atoms in total. The molecule has 0 radical (unpaired) electrons. The fourth-order valence-corrected chi connectivity index (χ4v) is 1.66. The number of primary amides is 1. The molecule has 1 aliphatic carbocycles. The molecule has 1 saturated carbocycles. The van der Waals surface area contributed by atoms with Crippen LogP contribution in [0.4, 0.5) is 0 Å². The second-order valence-electron chi connectivity index (χ2n) is 3.79. The number of rotatable bonds is 0. The van der Waals surface area contributed by atoms with E-state index < -0.39 is 0 Å². The summed E-state index contributed by atoms with van der Waals surface area (Å²) in [6.07, 6.45) is 1.38. The first-order chi connectivity index (χ1) is 6.00. The van der Waals surface area contributed by atoms with Gasteiger partial charge in [0.15, 0.2) is 0 Å². The molecule has 13 heavy (non-hydrogen) atoms. The molecule has 1 saturated heterocycles. The number of hydrogen-bond donors (Lipinski definition) is 1. The van der Waals surface area contributed by atoms with Crippen LogP contribution in [-0.4, -0.2) is 29.8 Å². The average Bonchev–Trinajstić information content (AvgIpc) is 2.57. The Labute approximate surface area is 78.1 Å². The number of carbonyl (C=O) groups excluding carboxylic acids is 2. The van der Waals surface area contributed by atoms with E-state index in [1.165, 1.54) is 13.3 Å². The van der Waals surface area contributed by atoms with Crippen LogP contribution in [-0.2, 0) is 9.59 Å². The second kappa shape index (κ2) is 3.77. The van der Waals surface area contributed by atoms with Gasteiger partial charge in [-0.3, -0.25) is 9.59 Å². The standard InChI is InChI=1S/C7H11NO.C2H5NO/c1-5(9)8-3-6-2-7(6)4-8;1-2(3)4/h6-7H,2-4H2,1H3;1H3,(H2,3,4)/t6-,7+;. The normalized spacial score (nSPS) is 28.6. The molecule has 0 aromatic carbocycles. The van der Waals surface area contributed by atoms with Gasteiger partial charge in [0.25, 0.3) is 0 Å². The summed E-state index contributed by atoms with van der Waals surface area (Å²) >= 11 is 0. The molecule has 0 bridgehead atoms. The Morgan fingerprint density at radius 2 is 1.62 bits per heavy atom. The zero-order chi connectivity index (χ0) is 10.0. The first kappa shape index (κ1) is 10.0. The lowest BCUT2D eigenvalue weighted by atomic mass is 10.4. The van der Waals surface area contributed by atoms with Crippen molar-refractivity contribution in [3.8, 4) is 0 Å². The minimum Gasteiger partial charge on any atom is -0.370 e. The van der Waals surface area contributed by atoms with Crippen LogP contribution in [0, 0.1) is 11.8 Å². The van der Waals surface area contributed by atoms with Crippen LogP contribution < -0.4 is 5.73 Å². The van der Waals surface area contributed by atoms with Crippen molar-refractivity contribution in [2.75, 3.05) is 13.1 Å². The van der Waals surface area contributed by atoms with E-state index in [0.29, 0.717) is 0 Å². The van der Waals surface area contributed by atoms with Crippen molar-refractivity contribution >= 4 is 11.8 Å². The number of piperidine rings is 1. The third-order valence-corrected chi connectivity index (χ3v) is 2.42. The van der Waals surface area contributed by atoms with Gasteiger partial charge in [-0.2, -0.15) is 0 Å². The summed E-state index contributed by atoms with van der Waals surface area (Å²) < 4.78 is 0. The number of carbonyl (C=O) groups is 2. The molecule has 74 valence electrons. The first-order valence-corrected chi connectivity index (χ1v) is 4.52. The lowest BCUT2D eigenvalue weighted by Crippen LogP contribution is -2.27. The van der Waals surface area contributed by atoms with Crippen LogP contribution in [0.1, 0.15) is 20.3 Å². The molecular formula is C9H16N2O2. The zero-order valence-corrected chi connectivity index (χ0v) is 8.12. The van der Waals surface area contributed by atoms with Crippen LogP contribution >= 0.6 is 0 Å². The maximum Gasteiger partial charge on any atom is 0.219 e. The van der Waals surface area contributed by atoms with Gasteiger partial charge in [0, 0.05) is 26.9 Å². The number of amides is 2. The Hall–Kier alpha value is -1.06. The maximum atomic E-state index is 10.7. The number of nitrogens with zero attached hydrogens (tertiary/aromatic N) is 1. The average molecular weight is 184 g/mol. The second-order valence-corrected chi connectivity index (χ2v) is 3.79. The third-order valence-electron chi connectivity index (χ3n) is 2.42. The molecule has 4 heteroatoms. The SMILES string of the molecule is CC(=O)N1C[C@H]2C[C@H]2C1.CC(N)=O. The number of nitrogens with two attached hydrogens (primary N) is 1. The van der Waals surface area contributed by atoms with E-state index in [0.717, 1.165) is 24.9 Å². The van der Waals surface area contributed by atoms with Crippen LogP contribution in [0.2, 0.25) is 0 Å². The van der Waals surface area contributed by atoms with Gasteiger partial charge in [-0.25, -0.2) is 0 Å².